The molecule has 0 radical (unpaired) electrons. The number of rotatable bonds is 8. The Kier molecular flexibility index (Phi) is 8.17. The number of carboxylic acid groups (broad SMARTS) is 2. The van der Waals surface area contributed by atoms with E-state index < -0.39 is 17.8 Å². The molecule has 0 fully saturated rings. The summed E-state index contributed by atoms with van der Waals surface area (Å²) in [5.41, 5.74) is 4.65. The molecule has 0 atom stereocenters. The van der Waals surface area contributed by atoms with Gasteiger partial charge >= 0.3 is 11.9 Å². The Morgan fingerprint density at radius 3 is 2.53 bits per heavy atom. The second kappa shape index (κ2) is 11.9. The molecule has 3 heterocycles. The fourth-order valence-corrected chi connectivity index (χ4v) is 3.64. The summed E-state index contributed by atoms with van der Waals surface area (Å²) in [6.45, 7) is 2.23. The van der Waals surface area contributed by atoms with Crippen LogP contribution in [0.2, 0.25) is 0 Å². The van der Waals surface area contributed by atoms with Crippen molar-refractivity contribution in [2.45, 2.75) is 26.3 Å². The Morgan fingerprint density at radius 2 is 1.79 bits per heavy atom. The fraction of sp³-hybridized carbons (Fsp3) is 0.185. The van der Waals surface area contributed by atoms with Crippen LogP contribution in [0.3, 0.4) is 0 Å². The van der Waals surface area contributed by atoms with Crippen molar-refractivity contribution in [1.29, 1.82) is 0 Å². The molecule has 11 heteroatoms. The van der Waals surface area contributed by atoms with Crippen molar-refractivity contribution in [3.8, 4) is 11.3 Å². The zero-order valence-corrected chi connectivity index (χ0v) is 20.5. The number of hydrogen-bond acceptors (Lipinski definition) is 7. The van der Waals surface area contributed by atoms with Crippen LogP contribution in [0.1, 0.15) is 25.3 Å². The molecule has 0 saturated heterocycles. The van der Waals surface area contributed by atoms with E-state index in [2.05, 4.69) is 31.7 Å². The van der Waals surface area contributed by atoms with Crippen molar-refractivity contribution < 1.29 is 24.2 Å². The van der Waals surface area contributed by atoms with Crippen LogP contribution in [0.15, 0.2) is 66.9 Å². The lowest BCUT2D eigenvalue weighted by molar-refractivity contribution is -0.137. The third kappa shape index (κ3) is 6.44. The molecule has 0 aliphatic carbocycles. The predicted molar refractivity (Wildman–Crippen MR) is 140 cm³/mol. The van der Waals surface area contributed by atoms with Gasteiger partial charge in [0.15, 0.2) is 5.65 Å². The van der Waals surface area contributed by atoms with E-state index in [1.54, 1.807) is 36.0 Å². The van der Waals surface area contributed by atoms with E-state index in [9.17, 15) is 14.0 Å². The molecule has 194 valence electrons. The molecule has 3 N–H and O–H groups in total. The van der Waals surface area contributed by atoms with Gasteiger partial charge in [0.25, 0.3) is 0 Å². The minimum atomic E-state index is -0.942. The van der Waals surface area contributed by atoms with Gasteiger partial charge in [-0.3, -0.25) is 14.6 Å². The highest BCUT2D eigenvalue weighted by atomic mass is 19.1. The Labute approximate surface area is 216 Å². The zero-order chi connectivity index (χ0) is 27.1. The highest BCUT2D eigenvalue weighted by molar-refractivity contribution is 5.79. The van der Waals surface area contributed by atoms with E-state index >= 15 is 0 Å². The SMILES string of the molecule is CCC(=O)O.O=C(O)CCNc1ccc(-c2ccc3nnn(Cc4ccc5ncccc5c4)c3n2)cc1F. The van der Waals surface area contributed by atoms with E-state index in [0.29, 0.717) is 29.0 Å². The molecular weight excluding hydrogens is 491 g/mol. The minimum absolute atomic E-state index is 0.0931. The van der Waals surface area contributed by atoms with Crippen LogP contribution in [0.25, 0.3) is 33.3 Å². The molecule has 0 aliphatic rings. The number of halogens is 1. The number of nitrogens with zero attached hydrogens (tertiary/aromatic N) is 5. The van der Waals surface area contributed by atoms with Crippen molar-refractivity contribution in [3.05, 3.63) is 78.2 Å². The first-order valence-electron chi connectivity index (χ1n) is 11.9. The zero-order valence-electron chi connectivity index (χ0n) is 20.5. The van der Waals surface area contributed by atoms with Crippen LogP contribution < -0.4 is 5.32 Å². The fourth-order valence-electron chi connectivity index (χ4n) is 3.64. The van der Waals surface area contributed by atoms with Crippen molar-refractivity contribution in [2.75, 3.05) is 11.9 Å². The Hall–Kier alpha value is -4.93. The van der Waals surface area contributed by atoms with Gasteiger partial charge < -0.3 is 15.5 Å². The number of nitrogens with one attached hydrogen (secondary N) is 1. The third-order valence-corrected chi connectivity index (χ3v) is 5.58. The van der Waals surface area contributed by atoms with Crippen molar-refractivity contribution >= 4 is 39.7 Å². The number of fused-ring (bicyclic) bond motifs is 2. The maximum atomic E-state index is 14.5. The molecule has 0 aliphatic heterocycles. The van der Waals surface area contributed by atoms with Gasteiger partial charge in [-0.15, -0.1) is 5.10 Å². The topological polar surface area (TPSA) is 143 Å². The summed E-state index contributed by atoms with van der Waals surface area (Å²) in [5.74, 6) is -2.16. The van der Waals surface area contributed by atoms with Gasteiger partial charge in [-0.2, -0.15) is 0 Å². The molecule has 0 spiro atoms. The van der Waals surface area contributed by atoms with Gasteiger partial charge in [-0.05, 0) is 48.0 Å². The number of anilines is 1. The summed E-state index contributed by atoms with van der Waals surface area (Å²) in [6, 6.07) is 18.2. The largest absolute Gasteiger partial charge is 0.481 e. The average Bonchev–Trinajstić information content (AvgIpc) is 3.31. The minimum Gasteiger partial charge on any atom is -0.481 e. The van der Waals surface area contributed by atoms with Crippen LogP contribution in [0.4, 0.5) is 10.1 Å². The standard InChI is InChI=1S/C24H19FN6O2.C3H6O2/c25-18-13-17(4-6-21(18)27-11-9-23(32)33)20-7-8-22-24(28-20)31(30-29-22)14-15-3-5-19-16(12-15)2-1-10-26-19;1-2-3(4)5/h1-8,10,12-13,27H,9,11,14H2,(H,32,33);2H2,1H3,(H,4,5). The van der Waals surface area contributed by atoms with E-state index in [1.165, 1.54) is 6.07 Å². The smallest absolute Gasteiger partial charge is 0.305 e. The average molecular weight is 517 g/mol. The van der Waals surface area contributed by atoms with Crippen LogP contribution in [0.5, 0.6) is 0 Å². The van der Waals surface area contributed by atoms with Gasteiger partial charge in [0.05, 0.1) is 29.9 Å². The van der Waals surface area contributed by atoms with Crippen molar-refractivity contribution in [1.82, 2.24) is 25.0 Å². The van der Waals surface area contributed by atoms with Gasteiger partial charge in [-0.25, -0.2) is 14.1 Å². The first-order chi connectivity index (χ1) is 18.3. The summed E-state index contributed by atoms with van der Waals surface area (Å²) >= 11 is 0. The number of benzene rings is 2. The predicted octanol–water partition coefficient (Wildman–Crippen LogP) is 4.60. The Balaban J connectivity index is 0.000000617. The van der Waals surface area contributed by atoms with E-state index in [4.69, 9.17) is 10.2 Å². The van der Waals surface area contributed by atoms with E-state index in [0.717, 1.165) is 16.5 Å². The second-order valence-corrected chi connectivity index (χ2v) is 8.33. The van der Waals surface area contributed by atoms with Gasteiger partial charge in [0, 0.05) is 30.1 Å². The van der Waals surface area contributed by atoms with Crippen LogP contribution >= 0.6 is 0 Å². The van der Waals surface area contributed by atoms with E-state index in [1.807, 2.05) is 30.3 Å². The number of hydrogen-bond donors (Lipinski definition) is 3. The van der Waals surface area contributed by atoms with Gasteiger partial charge in [0.2, 0.25) is 0 Å². The van der Waals surface area contributed by atoms with Gasteiger partial charge in [-0.1, -0.05) is 30.3 Å². The highest BCUT2D eigenvalue weighted by Crippen LogP contribution is 2.25. The number of aliphatic carboxylic acids is 2. The molecule has 10 nitrogen and oxygen atoms in total. The van der Waals surface area contributed by atoms with E-state index in [-0.39, 0.29) is 25.1 Å². The molecule has 5 rings (SSSR count). The summed E-state index contributed by atoms with van der Waals surface area (Å²) in [7, 11) is 0. The Bertz CT molecular complexity index is 1600. The lowest BCUT2D eigenvalue weighted by Gasteiger charge is -2.09. The molecule has 3 aromatic heterocycles. The van der Waals surface area contributed by atoms with Crippen LogP contribution in [0, 0.1) is 5.82 Å². The van der Waals surface area contributed by atoms with Crippen molar-refractivity contribution in [2.24, 2.45) is 0 Å². The summed E-state index contributed by atoms with van der Waals surface area (Å²) in [4.78, 5) is 29.0. The van der Waals surface area contributed by atoms with Crippen LogP contribution in [-0.4, -0.2) is 53.7 Å². The number of aromatic nitrogens is 5. The first kappa shape index (κ1) is 26.1. The maximum absolute atomic E-state index is 14.5. The normalized spacial score (nSPS) is 10.7. The summed E-state index contributed by atoms with van der Waals surface area (Å²) < 4.78 is 16.3. The number of carbonyl (C=O) groups is 2. The Morgan fingerprint density at radius 1 is 1.00 bits per heavy atom. The van der Waals surface area contributed by atoms with Crippen LogP contribution in [-0.2, 0) is 16.1 Å². The molecule has 38 heavy (non-hydrogen) atoms. The lowest BCUT2D eigenvalue weighted by Crippen LogP contribution is -2.08. The van der Waals surface area contributed by atoms with Gasteiger partial charge in [0.1, 0.15) is 11.3 Å². The molecular formula is C27H25FN6O4. The molecule has 0 saturated carbocycles. The molecule has 0 bridgehead atoms. The maximum Gasteiger partial charge on any atom is 0.305 e. The summed E-state index contributed by atoms with van der Waals surface area (Å²) in [5, 5.41) is 28.7. The number of carboxylic acids is 2. The highest BCUT2D eigenvalue weighted by Gasteiger charge is 2.12. The monoisotopic (exact) mass is 516 g/mol. The van der Waals surface area contributed by atoms with Crippen molar-refractivity contribution in [3.63, 3.8) is 0 Å². The second-order valence-electron chi connectivity index (χ2n) is 8.33. The quantitative estimate of drug-likeness (QED) is 0.270. The molecule has 5 aromatic rings. The first-order valence-corrected chi connectivity index (χ1v) is 11.9. The lowest BCUT2D eigenvalue weighted by atomic mass is 10.1. The molecule has 0 unspecified atom stereocenters. The molecule has 0 amide bonds. The third-order valence-electron chi connectivity index (χ3n) is 5.58. The molecule has 2 aromatic carbocycles. The summed E-state index contributed by atoms with van der Waals surface area (Å²) in [6.07, 6.45) is 1.89. The number of pyridine rings is 2.